The van der Waals surface area contributed by atoms with Gasteiger partial charge in [-0.3, -0.25) is 14.4 Å². The van der Waals surface area contributed by atoms with Gasteiger partial charge >= 0.3 is 11.9 Å². The second-order valence-electron chi connectivity index (χ2n) is 7.28. The van der Waals surface area contributed by atoms with Crippen molar-refractivity contribution in [1.82, 2.24) is 0 Å². The molecule has 2 saturated heterocycles. The van der Waals surface area contributed by atoms with Crippen molar-refractivity contribution in [2.75, 3.05) is 31.2 Å². The van der Waals surface area contributed by atoms with Crippen molar-refractivity contribution in [3.05, 3.63) is 29.8 Å². The first-order valence-corrected chi connectivity index (χ1v) is 10.1. The molecule has 8 nitrogen and oxygen atoms in total. The summed E-state index contributed by atoms with van der Waals surface area (Å²) in [6, 6.07) is 5.85. The molecule has 2 fully saturated rings. The topological polar surface area (TPSA) is 94.4 Å². The van der Waals surface area contributed by atoms with E-state index in [9.17, 15) is 19.2 Å². The fourth-order valence-electron chi connectivity index (χ4n) is 4.02. The Kier molecular flexibility index (Phi) is 6.64. The molecule has 2 amide bonds. The monoisotopic (exact) mass is 403 g/mol. The number of nitrogens with one attached hydrogen (secondary N) is 1. The lowest BCUT2D eigenvalue weighted by molar-refractivity contribution is -0.920. The maximum Gasteiger partial charge on any atom is 0.338 e. The minimum atomic E-state index is -0.440. The molecule has 1 atom stereocenters. The van der Waals surface area contributed by atoms with Crippen molar-refractivity contribution in [2.45, 2.75) is 39.2 Å². The third-order valence-corrected chi connectivity index (χ3v) is 5.52. The third-order valence-electron chi connectivity index (χ3n) is 5.52. The Morgan fingerprint density at radius 2 is 1.66 bits per heavy atom. The van der Waals surface area contributed by atoms with Crippen LogP contribution in [-0.4, -0.2) is 56.1 Å². The van der Waals surface area contributed by atoms with Gasteiger partial charge in [-0.2, -0.15) is 0 Å². The van der Waals surface area contributed by atoms with Crippen LogP contribution in [0.1, 0.15) is 43.5 Å². The van der Waals surface area contributed by atoms with Crippen LogP contribution in [0, 0.1) is 5.92 Å². The molecule has 1 N–H and O–H groups in total. The first-order valence-electron chi connectivity index (χ1n) is 10.1. The summed E-state index contributed by atoms with van der Waals surface area (Å²) in [6.45, 7) is 5.47. The second-order valence-corrected chi connectivity index (χ2v) is 7.28. The fraction of sp³-hybridized carbons (Fsp3) is 0.524. The van der Waals surface area contributed by atoms with Crippen LogP contribution in [0.4, 0.5) is 5.69 Å². The quantitative estimate of drug-likeness (QED) is 0.544. The Balaban J connectivity index is 1.64. The predicted molar refractivity (Wildman–Crippen MR) is 103 cm³/mol. The summed E-state index contributed by atoms with van der Waals surface area (Å²) in [6.07, 6.45) is 1.46. The zero-order valence-corrected chi connectivity index (χ0v) is 16.8. The van der Waals surface area contributed by atoms with Crippen LogP contribution in [-0.2, 0) is 23.9 Å². The highest BCUT2D eigenvalue weighted by atomic mass is 16.5. The number of hydrogen-bond donors (Lipinski definition) is 1. The smallest absolute Gasteiger partial charge is 0.338 e. The number of carbonyl (C=O) groups is 4. The molecule has 0 radical (unpaired) electrons. The summed E-state index contributed by atoms with van der Waals surface area (Å²) in [7, 11) is 0. The molecule has 0 aliphatic carbocycles. The van der Waals surface area contributed by atoms with Gasteiger partial charge in [0.25, 0.3) is 5.91 Å². The highest BCUT2D eigenvalue weighted by Gasteiger charge is 2.47. The van der Waals surface area contributed by atoms with E-state index in [-0.39, 0.29) is 36.7 Å². The second kappa shape index (κ2) is 9.17. The molecule has 29 heavy (non-hydrogen) atoms. The van der Waals surface area contributed by atoms with Crippen molar-refractivity contribution in [3.63, 3.8) is 0 Å². The molecule has 2 aliphatic heterocycles. The summed E-state index contributed by atoms with van der Waals surface area (Å²) in [5.74, 6) is -1.22. The molecular weight excluding hydrogens is 376 g/mol. The van der Waals surface area contributed by atoms with E-state index in [0.29, 0.717) is 43.8 Å². The summed E-state index contributed by atoms with van der Waals surface area (Å²) in [4.78, 5) is 51.4. The van der Waals surface area contributed by atoms with Crippen molar-refractivity contribution >= 4 is 29.4 Å². The van der Waals surface area contributed by atoms with Gasteiger partial charge in [-0.25, -0.2) is 9.69 Å². The molecule has 2 heterocycles. The van der Waals surface area contributed by atoms with Crippen LogP contribution in [0.2, 0.25) is 0 Å². The largest absolute Gasteiger partial charge is 0.466 e. The predicted octanol–water partition coefficient (Wildman–Crippen LogP) is 0.353. The number of ether oxygens (including phenoxy) is 2. The molecule has 1 aromatic rings. The first-order chi connectivity index (χ1) is 14.0. The van der Waals surface area contributed by atoms with E-state index in [2.05, 4.69) is 0 Å². The number of imide groups is 1. The molecular formula is C21H27N2O6+. The maximum absolute atomic E-state index is 13.0. The third kappa shape index (κ3) is 4.48. The standard InChI is InChI=1S/C21H26N2O6/c1-3-28-20(26)14-5-7-16(8-6-14)23-18(24)13-17(19(23)25)22-11-9-15(10-12-22)21(27)29-4-2/h5-8,15,17H,3-4,9-13H2,1-2H3/p+1/t17-/m1/s1. The fourth-order valence-corrected chi connectivity index (χ4v) is 4.02. The molecule has 0 unspecified atom stereocenters. The Morgan fingerprint density at radius 3 is 2.24 bits per heavy atom. The minimum absolute atomic E-state index is 0.127. The van der Waals surface area contributed by atoms with Gasteiger partial charge in [0.2, 0.25) is 5.91 Å². The van der Waals surface area contributed by atoms with Gasteiger partial charge in [0.1, 0.15) is 0 Å². The number of hydrogen-bond acceptors (Lipinski definition) is 6. The van der Waals surface area contributed by atoms with Crippen molar-refractivity contribution in [1.29, 1.82) is 0 Å². The van der Waals surface area contributed by atoms with Crippen molar-refractivity contribution in [3.8, 4) is 0 Å². The van der Waals surface area contributed by atoms with Gasteiger partial charge in [-0.1, -0.05) is 0 Å². The average Bonchev–Trinajstić information content (AvgIpc) is 3.02. The van der Waals surface area contributed by atoms with E-state index < -0.39 is 12.0 Å². The SMILES string of the molecule is CCOC(=O)c1ccc(N2C(=O)C[C@@H]([NH+]3CCC(C(=O)OCC)CC3)C2=O)cc1. The van der Waals surface area contributed by atoms with Crippen LogP contribution >= 0.6 is 0 Å². The van der Waals surface area contributed by atoms with Crippen LogP contribution in [0.5, 0.6) is 0 Å². The number of esters is 2. The zero-order valence-electron chi connectivity index (χ0n) is 16.8. The molecule has 0 aromatic heterocycles. The number of carbonyl (C=O) groups excluding carboxylic acids is 4. The van der Waals surface area contributed by atoms with Crippen molar-refractivity contribution < 1.29 is 33.6 Å². The summed E-state index contributed by atoms with van der Waals surface area (Å²) < 4.78 is 10.0. The number of amides is 2. The van der Waals surface area contributed by atoms with E-state index in [0.717, 1.165) is 4.90 Å². The Bertz CT molecular complexity index is 783. The van der Waals surface area contributed by atoms with E-state index in [1.165, 1.54) is 4.90 Å². The zero-order chi connectivity index (χ0) is 21.0. The lowest BCUT2D eigenvalue weighted by Gasteiger charge is -2.31. The molecule has 2 aliphatic rings. The number of likely N-dealkylation sites (tertiary alicyclic amines) is 1. The highest BCUT2D eigenvalue weighted by molar-refractivity contribution is 6.22. The van der Waals surface area contributed by atoms with E-state index in [4.69, 9.17) is 9.47 Å². The lowest BCUT2D eigenvalue weighted by Crippen LogP contribution is -3.17. The molecule has 156 valence electrons. The molecule has 0 saturated carbocycles. The van der Waals surface area contributed by atoms with Gasteiger partial charge in [-0.05, 0) is 38.1 Å². The Hall–Kier alpha value is -2.74. The van der Waals surface area contributed by atoms with Crippen LogP contribution < -0.4 is 9.80 Å². The number of anilines is 1. The average molecular weight is 403 g/mol. The Morgan fingerprint density at radius 1 is 1.03 bits per heavy atom. The molecule has 0 spiro atoms. The number of piperidine rings is 1. The first kappa shape index (κ1) is 21.0. The van der Waals surface area contributed by atoms with E-state index >= 15 is 0 Å². The molecule has 3 rings (SSSR count). The van der Waals surface area contributed by atoms with Crippen LogP contribution in [0.25, 0.3) is 0 Å². The number of benzene rings is 1. The summed E-state index contributed by atoms with van der Waals surface area (Å²) in [5, 5.41) is 0. The molecule has 1 aromatic carbocycles. The number of rotatable bonds is 6. The highest BCUT2D eigenvalue weighted by Crippen LogP contribution is 2.23. The minimum Gasteiger partial charge on any atom is -0.466 e. The van der Waals surface area contributed by atoms with Gasteiger partial charge in [0.15, 0.2) is 6.04 Å². The normalized spacial score (nSPS) is 24.5. The summed E-state index contributed by atoms with van der Waals surface area (Å²) in [5.41, 5.74) is 0.828. The van der Waals surface area contributed by atoms with Crippen molar-refractivity contribution in [2.24, 2.45) is 5.92 Å². The van der Waals surface area contributed by atoms with Crippen LogP contribution in [0.15, 0.2) is 24.3 Å². The van der Waals surface area contributed by atoms with E-state index in [1.54, 1.807) is 38.1 Å². The van der Waals surface area contributed by atoms with Gasteiger partial charge in [0.05, 0.1) is 49.9 Å². The Labute approximate surface area is 169 Å². The summed E-state index contributed by atoms with van der Waals surface area (Å²) >= 11 is 0. The number of quaternary nitrogens is 1. The molecule has 0 bridgehead atoms. The van der Waals surface area contributed by atoms with E-state index in [1.807, 2.05) is 0 Å². The van der Waals surface area contributed by atoms with Crippen LogP contribution in [0.3, 0.4) is 0 Å². The maximum atomic E-state index is 13.0. The number of nitrogens with zero attached hydrogens (tertiary/aromatic N) is 1. The van der Waals surface area contributed by atoms with Gasteiger partial charge in [-0.15, -0.1) is 0 Å². The van der Waals surface area contributed by atoms with Gasteiger partial charge < -0.3 is 14.4 Å². The lowest BCUT2D eigenvalue weighted by atomic mass is 9.95. The molecule has 8 heteroatoms. The van der Waals surface area contributed by atoms with Gasteiger partial charge in [0, 0.05) is 12.8 Å².